The minimum Gasteiger partial charge on any atom is -0.314 e. The van der Waals surface area contributed by atoms with Gasteiger partial charge in [-0.05, 0) is 35.7 Å². The zero-order valence-corrected chi connectivity index (χ0v) is 14.8. The predicted octanol–water partition coefficient (Wildman–Crippen LogP) is 5.43. The molecule has 0 bridgehead atoms. The summed E-state index contributed by atoms with van der Waals surface area (Å²) in [6.45, 7) is 5.29. The van der Waals surface area contributed by atoms with Gasteiger partial charge in [-0.2, -0.15) is 0 Å². The minimum atomic E-state index is 0.407. The van der Waals surface area contributed by atoms with E-state index in [0.29, 0.717) is 12.0 Å². The maximum absolute atomic E-state index is 6.32. The number of halogens is 2. The summed E-state index contributed by atoms with van der Waals surface area (Å²) in [5.74, 6) is 0.407. The van der Waals surface area contributed by atoms with E-state index in [1.807, 2.05) is 12.1 Å². The van der Waals surface area contributed by atoms with E-state index in [1.54, 1.807) is 0 Å². The van der Waals surface area contributed by atoms with Gasteiger partial charge in [0.1, 0.15) is 0 Å². The van der Waals surface area contributed by atoms with E-state index < -0.39 is 0 Å². The van der Waals surface area contributed by atoms with Crippen molar-refractivity contribution in [2.24, 2.45) is 0 Å². The molecule has 112 valence electrons. The smallest absolute Gasteiger partial charge is 0.0438 e. The molecule has 0 spiro atoms. The van der Waals surface area contributed by atoms with Gasteiger partial charge in [0.15, 0.2) is 0 Å². The average molecular weight is 367 g/mol. The largest absolute Gasteiger partial charge is 0.314 e. The van der Waals surface area contributed by atoms with E-state index in [-0.39, 0.29) is 0 Å². The van der Waals surface area contributed by atoms with Crippen LogP contribution in [0.1, 0.15) is 30.9 Å². The highest BCUT2D eigenvalue weighted by atomic mass is 79.9. The van der Waals surface area contributed by atoms with Gasteiger partial charge in [-0.3, -0.25) is 0 Å². The fraction of sp³-hybridized carbons (Fsp3) is 0.333. The van der Waals surface area contributed by atoms with Crippen molar-refractivity contribution in [3.05, 3.63) is 69.2 Å². The van der Waals surface area contributed by atoms with Crippen molar-refractivity contribution in [3.63, 3.8) is 0 Å². The van der Waals surface area contributed by atoms with Crippen LogP contribution in [0.4, 0.5) is 0 Å². The first-order chi connectivity index (χ1) is 10.1. The van der Waals surface area contributed by atoms with Crippen molar-refractivity contribution in [2.75, 3.05) is 6.54 Å². The van der Waals surface area contributed by atoms with Gasteiger partial charge in [0.05, 0.1) is 0 Å². The molecular formula is C18H21BrClN. The molecule has 2 aromatic rings. The van der Waals surface area contributed by atoms with Gasteiger partial charge < -0.3 is 5.32 Å². The second-order valence-electron chi connectivity index (χ2n) is 5.61. The highest BCUT2D eigenvalue weighted by molar-refractivity contribution is 9.10. The Labute approximate surface area is 140 Å². The molecule has 0 aliphatic heterocycles. The van der Waals surface area contributed by atoms with Gasteiger partial charge in [-0.25, -0.2) is 0 Å². The van der Waals surface area contributed by atoms with E-state index in [1.165, 1.54) is 11.1 Å². The third kappa shape index (κ3) is 5.14. The number of nitrogens with one attached hydrogen (secondary N) is 1. The molecule has 1 unspecified atom stereocenters. The first-order valence-corrected chi connectivity index (χ1v) is 8.45. The van der Waals surface area contributed by atoms with Gasteiger partial charge in [0.25, 0.3) is 0 Å². The van der Waals surface area contributed by atoms with Crippen LogP contribution in [0, 0.1) is 0 Å². The molecule has 1 atom stereocenters. The zero-order valence-electron chi connectivity index (χ0n) is 12.4. The van der Waals surface area contributed by atoms with Crippen LogP contribution in [0.3, 0.4) is 0 Å². The molecule has 2 rings (SSSR count). The monoisotopic (exact) mass is 365 g/mol. The molecule has 2 aromatic carbocycles. The molecule has 1 N–H and O–H groups in total. The second kappa shape index (κ2) is 7.98. The van der Waals surface area contributed by atoms with Crippen LogP contribution < -0.4 is 5.32 Å². The highest BCUT2D eigenvalue weighted by Crippen LogP contribution is 2.26. The summed E-state index contributed by atoms with van der Waals surface area (Å²) in [5, 5.41) is 4.39. The molecule has 3 heteroatoms. The summed E-state index contributed by atoms with van der Waals surface area (Å²) >= 11 is 9.88. The molecule has 1 nitrogen and oxygen atoms in total. The summed E-state index contributed by atoms with van der Waals surface area (Å²) in [6, 6.07) is 17.1. The standard InChI is InChI=1S/C18H21BrClN/c1-13(2)21-12-16(14-7-5-8-17(19)11-14)10-15-6-3-4-9-18(15)20/h3-9,11,13,16,21H,10,12H2,1-2H3. The summed E-state index contributed by atoms with van der Waals surface area (Å²) in [7, 11) is 0. The summed E-state index contributed by atoms with van der Waals surface area (Å²) < 4.78 is 1.12. The Balaban J connectivity index is 2.21. The number of benzene rings is 2. The number of hydrogen-bond acceptors (Lipinski definition) is 1. The quantitative estimate of drug-likeness (QED) is 0.719. The van der Waals surface area contributed by atoms with Crippen LogP contribution >= 0.6 is 27.5 Å². The van der Waals surface area contributed by atoms with Crippen molar-refractivity contribution in [1.82, 2.24) is 5.32 Å². The molecular weight excluding hydrogens is 346 g/mol. The third-order valence-electron chi connectivity index (χ3n) is 3.52. The number of hydrogen-bond donors (Lipinski definition) is 1. The van der Waals surface area contributed by atoms with E-state index in [0.717, 1.165) is 22.5 Å². The van der Waals surface area contributed by atoms with Gasteiger partial charge in [-0.1, -0.05) is 71.7 Å². The molecule has 0 saturated heterocycles. The Hall–Kier alpha value is -0.830. The van der Waals surface area contributed by atoms with Crippen molar-refractivity contribution < 1.29 is 0 Å². The molecule has 0 amide bonds. The van der Waals surface area contributed by atoms with Crippen LogP contribution in [0.25, 0.3) is 0 Å². The van der Waals surface area contributed by atoms with Crippen LogP contribution in [-0.2, 0) is 6.42 Å². The molecule has 0 aliphatic rings. The molecule has 0 aliphatic carbocycles. The first-order valence-electron chi connectivity index (χ1n) is 7.28. The Morgan fingerprint density at radius 1 is 1.10 bits per heavy atom. The SMILES string of the molecule is CC(C)NCC(Cc1ccccc1Cl)c1cccc(Br)c1. The average Bonchev–Trinajstić information content (AvgIpc) is 2.45. The summed E-state index contributed by atoms with van der Waals surface area (Å²) in [4.78, 5) is 0. The summed E-state index contributed by atoms with van der Waals surface area (Å²) in [5.41, 5.74) is 2.53. The van der Waals surface area contributed by atoms with E-state index in [4.69, 9.17) is 11.6 Å². The van der Waals surface area contributed by atoms with Gasteiger partial charge in [0.2, 0.25) is 0 Å². The van der Waals surface area contributed by atoms with E-state index in [2.05, 4.69) is 71.5 Å². The molecule has 0 heterocycles. The number of rotatable bonds is 6. The Morgan fingerprint density at radius 3 is 2.52 bits per heavy atom. The van der Waals surface area contributed by atoms with Crippen LogP contribution in [0.15, 0.2) is 53.0 Å². The van der Waals surface area contributed by atoms with E-state index in [9.17, 15) is 0 Å². The maximum Gasteiger partial charge on any atom is 0.0438 e. The van der Waals surface area contributed by atoms with Gasteiger partial charge >= 0.3 is 0 Å². The lowest BCUT2D eigenvalue weighted by molar-refractivity contribution is 0.527. The van der Waals surface area contributed by atoms with Crippen molar-refractivity contribution in [1.29, 1.82) is 0 Å². The molecule has 0 saturated carbocycles. The van der Waals surface area contributed by atoms with Gasteiger partial charge in [0, 0.05) is 28.0 Å². The molecule has 0 fully saturated rings. The lowest BCUT2D eigenvalue weighted by Crippen LogP contribution is -2.29. The fourth-order valence-electron chi connectivity index (χ4n) is 2.38. The fourth-order valence-corrected chi connectivity index (χ4v) is 3.01. The predicted molar refractivity (Wildman–Crippen MR) is 95.2 cm³/mol. The maximum atomic E-state index is 6.32. The van der Waals surface area contributed by atoms with Crippen LogP contribution in [-0.4, -0.2) is 12.6 Å². The molecule has 0 aromatic heterocycles. The van der Waals surface area contributed by atoms with E-state index >= 15 is 0 Å². The Bertz CT molecular complexity index is 583. The third-order valence-corrected chi connectivity index (χ3v) is 4.38. The molecule has 0 radical (unpaired) electrons. The lowest BCUT2D eigenvalue weighted by Gasteiger charge is -2.21. The highest BCUT2D eigenvalue weighted by Gasteiger charge is 2.14. The second-order valence-corrected chi connectivity index (χ2v) is 6.93. The Kier molecular flexibility index (Phi) is 6.28. The van der Waals surface area contributed by atoms with Crippen LogP contribution in [0.5, 0.6) is 0 Å². The van der Waals surface area contributed by atoms with Crippen molar-refractivity contribution in [2.45, 2.75) is 32.2 Å². The first kappa shape index (κ1) is 16.5. The van der Waals surface area contributed by atoms with Crippen LogP contribution in [0.2, 0.25) is 5.02 Å². The van der Waals surface area contributed by atoms with Gasteiger partial charge in [-0.15, -0.1) is 0 Å². The summed E-state index contributed by atoms with van der Waals surface area (Å²) in [6.07, 6.45) is 0.940. The normalized spacial score (nSPS) is 12.6. The topological polar surface area (TPSA) is 12.0 Å². The minimum absolute atomic E-state index is 0.407. The Morgan fingerprint density at radius 2 is 1.86 bits per heavy atom. The molecule has 21 heavy (non-hydrogen) atoms. The lowest BCUT2D eigenvalue weighted by atomic mass is 9.91. The zero-order chi connectivity index (χ0) is 15.2. The van der Waals surface area contributed by atoms with Crippen molar-refractivity contribution in [3.8, 4) is 0 Å². The van der Waals surface area contributed by atoms with Crippen molar-refractivity contribution >= 4 is 27.5 Å².